The summed E-state index contributed by atoms with van der Waals surface area (Å²) in [6.07, 6.45) is 4.10. The van der Waals surface area contributed by atoms with Crippen molar-refractivity contribution >= 4 is 0 Å². The normalized spacial score (nSPS) is 12.5. The molecule has 1 unspecified atom stereocenters. The van der Waals surface area contributed by atoms with Crippen LogP contribution in [0.2, 0.25) is 0 Å². The van der Waals surface area contributed by atoms with E-state index in [9.17, 15) is 0 Å². The molecule has 1 atom stereocenters. The highest BCUT2D eigenvalue weighted by atomic mass is 15.2. The molecule has 0 aliphatic heterocycles. The smallest absolute Gasteiger partial charge is 0.00977 e. The van der Waals surface area contributed by atoms with E-state index < -0.39 is 0 Å². The lowest BCUT2D eigenvalue weighted by Gasteiger charge is -2.10. The van der Waals surface area contributed by atoms with E-state index in [1.165, 1.54) is 5.57 Å². The van der Waals surface area contributed by atoms with Crippen LogP contribution < -0.4 is 11.3 Å². The lowest BCUT2D eigenvalue weighted by Crippen LogP contribution is -2.23. The van der Waals surface area contributed by atoms with Crippen molar-refractivity contribution < 1.29 is 0 Å². The van der Waals surface area contributed by atoms with E-state index in [0.29, 0.717) is 5.92 Å². The second-order valence-electron chi connectivity index (χ2n) is 2.78. The first-order chi connectivity index (χ1) is 5.22. The Hall–Kier alpha value is -0.600. The zero-order chi connectivity index (χ0) is 8.69. The zero-order valence-corrected chi connectivity index (χ0v) is 7.27. The van der Waals surface area contributed by atoms with Gasteiger partial charge >= 0.3 is 0 Å². The van der Waals surface area contributed by atoms with Crippen molar-refractivity contribution in [2.45, 2.75) is 19.8 Å². The Kier molecular flexibility index (Phi) is 5.80. The summed E-state index contributed by atoms with van der Waals surface area (Å²) < 4.78 is 0. The van der Waals surface area contributed by atoms with Crippen molar-refractivity contribution in [3.05, 3.63) is 24.8 Å². The standard InChI is InChI=1S/C9H18N2/c1-4-9(8(2)3)6-5-7-11-10/h4,9,11H,1-2,5-7,10H2,3H3. The number of hydrogen-bond acceptors (Lipinski definition) is 2. The van der Waals surface area contributed by atoms with Gasteiger partial charge < -0.3 is 0 Å². The van der Waals surface area contributed by atoms with Crippen LogP contribution in [0.3, 0.4) is 0 Å². The predicted octanol–water partition coefficient (Wildman–Crippen LogP) is 1.61. The molecule has 0 saturated heterocycles. The van der Waals surface area contributed by atoms with E-state index >= 15 is 0 Å². The molecule has 0 aromatic heterocycles. The SMILES string of the molecule is C=CC(CCCNN)C(=C)C. The van der Waals surface area contributed by atoms with Crippen LogP contribution in [0.1, 0.15) is 19.8 Å². The molecule has 0 aromatic rings. The van der Waals surface area contributed by atoms with Gasteiger partial charge in [0.25, 0.3) is 0 Å². The largest absolute Gasteiger partial charge is 0.271 e. The Morgan fingerprint density at radius 2 is 2.36 bits per heavy atom. The van der Waals surface area contributed by atoms with E-state index in [1.807, 2.05) is 13.0 Å². The molecule has 0 radical (unpaired) electrons. The maximum atomic E-state index is 5.13. The van der Waals surface area contributed by atoms with Gasteiger partial charge in [-0.05, 0) is 25.7 Å². The molecule has 0 amide bonds. The van der Waals surface area contributed by atoms with E-state index in [4.69, 9.17) is 5.84 Å². The highest BCUT2D eigenvalue weighted by Crippen LogP contribution is 2.15. The first kappa shape index (κ1) is 10.4. The number of hydrogen-bond donors (Lipinski definition) is 2. The minimum atomic E-state index is 0.448. The fourth-order valence-corrected chi connectivity index (χ4v) is 0.989. The molecule has 2 nitrogen and oxygen atoms in total. The van der Waals surface area contributed by atoms with Gasteiger partial charge in [0.15, 0.2) is 0 Å². The van der Waals surface area contributed by atoms with Crippen LogP contribution in [0.25, 0.3) is 0 Å². The summed E-state index contributed by atoms with van der Waals surface area (Å²) in [4.78, 5) is 0. The molecule has 0 fully saturated rings. The quantitative estimate of drug-likeness (QED) is 0.264. The van der Waals surface area contributed by atoms with Crippen molar-refractivity contribution in [1.29, 1.82) is 0 Å². The van der Waals surface area contributed by atoms with Crippen LogP contribution in [0.4, 0.5) is 0 Å². The molecular weight excluding hydrogens is 136 g/mol. The van der Waals surface area contributed by atoms with Crippen LogP contribution >= 0.6 is 0 Å². The van der Waals surface area contributed by atoms with Crippen LogP contribution in [-0.4, -0.2) is 6.54 Å². The van der Waals surface area contributed by atoms with Gasteiger partial charge in [0.2, 0.25) is 0 Å². The maximum absolute atomic E-state index is 5.13. The van der Waals surface area contributed by atoms with E-state index in [1.54, 1.807) is 0 Å². The number of allylic oxidation sites excluding steroid dienone is 2. The summed E-state index contributed by atoms with van der Waals surface area (Å²) in [5.74, 6) is 5.58. The number of nitrogens with two attached hydrogens (primary N) is 1. The number of nitrogens with one attached hydrogen (secondary N) is 1. The van der Waals surface area contributed by atoms with Crippen molar-refractivity contribution in [2.24, 2.45) is 11.8 Å². The van der Waals surface area contributed by atoms with Gasteiger partial charge in [-0.1, -0.05) is 18.2 Å². The molecule has 0 aromatic carbocycles. The van der Waals surface area contributed by atoms with Gasteiger partial charge in [-0.25, -0.2) is 0 Å². The molecule has 0 aliphatic rings. The van der Waals surface area contributed by atoms with E-state index in [0.717, 1.165) is 19.4 Å². The predicted molar refractivity (Wildman–Crippen MR) is 49.9 cm³/mol. The molecule has 11 heavy (non-hydrogen) atoms. The summed E-state index contributed by atoms with van der Waals surface area (Å²) in [7, 11) is 0. The van der Waals surface area contributed by atoms with Crippen molar-refractivity contribution in [1.82, 2.24) is 5.43 Å². The summed E-state index contributed by atoms with van der Waals surface area (Å²) in [5.41, 5.74) is 3.80. The average Bonchev–Trinajstić information content (AvgIpc) is 1.97. The zero-order valence-electron chi connectivity index (χ0n) is 7.27. The molecule has 0 heterocycles. The Balaban J connectivity index is 3.52. The second kappa shape index (κ2) is 6.13. The second-order valence-corrected chi connectivity index (χ2v) is 2.78. The first-order valence-electron chi connectivity index (χ1n) is 3.93. The van der Waals surface area contributed by atoms with Crippen LogP contribution in [0.5, 0.6) is 0 Å². The fraction of sp³-hybridized carbons (Fsp3) is 0.556. The van der Waals surface area contributed by atoms with Gasteiger partial charge in [-0.3, -0.25) is 11.3 Å². The molecule has 3 N–H and O–H groups in total. The third-order valence-electron chi connectivity index (χ3n) is 1.75. The monoisotopic (exact) mass is 154 g/mol. The molecule has 0 spiro atoms. The third kappa shape index (κ3) is 4.76. The topological polar surface area (TPSA) is 38.0 Å². The summed E-state index contributed by atoms with van der Waals surface area (Å²) >= 11 is 0. The van der Waals surface area contributed by atoms with Crippen LogP contribution in [0.15, 0.2) is 24.8 Å². The lowest BCUT2D eigenvalue weighted by molar-refractivity contribution is 0.587. The Morgan fingerprint density at radius 3 is 2.73 bits per heavy atom. The molecule has 0 saturated carbocycles. The highest BCUT2D eigenvalue weighted by Gasteiger charge is 2.02. The summed E-state index contributed by atoms with van der Waals surface area (Å²) in [6, 6.07) is 0. The average molecular weight is 154 g/mol. The number of rotatable bonds is 6. The third-order valence-corrected chi connectivity index (χ3v) is 1.75. The minimum Gasteiger partial charge on any atom is -0.271 e. The molecule has 64 valence electrons. The van der Waals surface area contributed by atoms with Crippen LogP contribution in [0, 0.1) is 5.92 Å². The molecular formula is C9H18N2. The molecule has 2 heteroatoms. The van der Waals surface area contributed by atoms with Gasteiger partial charge in [0.05, 0.1) is 0 Å². The summed E-state index contributed by atoms with van der Waals surface area (Å²) in [5, 5.41) is 0. The van der Waals surface area contributed by atoms with Gasteiger partial charge in [-0.15, -0.1) is 6.58 Å². The Morgan fingerprint density at radius 1 is 1.73 bits per heavy atom. The first-order valence-corrected chi connectivity index (χ1v) is 3.93. The highest BCUT2D eigenvalue weighted by molar-refractivity contribution is 5.03. The molecule has 0 rings (SSSR count). The van der Waals surface area contributed by atoms with Crippen molar-refractivity contribution in [3.63, 3.8) is 0 Å². The van der Waals surface area contributed by atoms with Gasteiger partial charge in [-0.2, -0.15) is 0 Å². The fourth-order valence-electron chi connectivity index (χ4n) is 0.989. The minimum absolute atomic E-state index is 0.448. The van der Waals surface area contributed by atoms with Gasteiger partial charge in [0, 0.05) is 6.54 Å². The van der Waals surface area contributed by atoms with E-state index in [2.05, 4.69) is 18.6 Å². The van der Waals surface area contributed by atoms with Crippen LogP contribution in [-0.2, 0) is 0 Å². The Bertz CT molecular complexity index is 130. The van der Waals surface area contributed by atoms with Crippen molar-refractivity contribution in [2.75, 3.05) is 6.54 Å². The van der Waals surface area contributed by atoms with E-state index in [-0.39, 0.29) is 0 Å². The molecule has 0 aliphatic carbocycles. The Labute approximate surface area is 69.1 Å². The van der Waals surface area contributed by atoms with Gasteiger partial charge in [0.1, 0.15) is 0 Å². The molecule has 0 bridgehead atoms. The number of hydrazine groups is 1. The maximum Gasteiger partial charge on any atom is 0.00977 e. The summed E-state index contributed by atoms with van der Waals surface area (Å²) in [6.45, 7) is 10.5. The van der Waals surface area contributed by atoms with Crippen molar-refractivity contribution in [3.8, 4) is 0 Å². The lowest BCUT2D eigenvalue weighted by atomic mass is 9.97.